The molecule has 0 aliphatic heterocycles. The molecular formula is C16H14Cl2N6. The molecule has 0 fully saturated rings. The lowest BCUT2D eigenvalue weighted by atomic mass is 10.3. The second-order valence-electron chi connectivity index (χ2n) is 4.85. The van der Waals surface area contributed by atoms with Gasteiger partial charge in [0.15, 0.2) is 11.6 Å². The minimum atomic E-state index is 0.368. The lowest BCUT2D eigenvalue weighted by Crippen LogP contribution is -2.13. The van der Waals surface area contributed by atoms with E-state index in [9.17, 15) is 0 Å². The molecule has 0 saturated carbocycles. The summed E-state index contributed by atoms with van der Waals surface area (Å²) in [6.07, 6.45) is 1.41. The maximum Gasteiger partial charge on any atom is 0.173 e. The van der Waals surface area contributed by atoms with E-state index >= 15 is 0 Å². The van der Waals surface area contributed by atoms with Crippen molar-refractivity contribution in [1.29, 1.82) is 0 Å². The van der Waals surface area contributed by atoms with Gasteiger partial charge in [0.25, 0.3) is 0 Å². The topological polar surface area (TPSA) is 87.9 Å². The zero-order valence-corrected chi connectivity index (χ0v) is 13.9. The molecule has 3 aromatic rings. The third-order valence-electron chi connectivity index (χ3n) is 3.17. The van der Waals surface area contributed by atoms with E-state index in [0.717, 1.165) is 11.4 Å². The molecular weight excluding hydrogens is 347 g/mol. The maximum atomic E-state index is 6.11. The average molecular weight is 361 g/mol. The molecule has 122 valence electrons. The molecule has 0 spiro atoms. The van der Waals surface area contributed by atoms with Crippen molar-refractivity contribution in [2.45, 2.75) is 0 Å². The van der Waals surface area contributed by atoms with Crippen molar-refractivity contribution in [2.24, 2.45) is 0 Å². The number of nitrogens with zero attached hydrogens (tertiary/aromatic N) is 2. The summed E-state index contributed by atoms with van der Waals surface area (Å²) >= 11 is 11.9. The number of para-hydroxylation sites is 1. The van der Waals surface area contributed by atoms with Crippen LogP contribution in [0.1, 0.15) is 0 Å². The fraction of sp³-hybridized carbons (Fsp3) is 0. The molecule has 3 rings (SSSR count). The number of halogens is 2. The largest absolute Gasteiger partial charge is 0.393 e. The second-order valence-corrected chi connectivity index (χ2v) is 5.67. The van der Waals surface area contributed by atoms with Gasteiger partial charge in [0.05, 0.1) is 15.7 Å². The maximum absolute atomic E-state index is 6.11. The molecule has 0 bridgehead atoms. The van der Waals surface area contributed by atoms with E-state index in [1.165, 1.54) is 6.33 Å². The van der Waals surface area contributed by atoms with Gasteiger partial charge < -0.3 is 11.1 Å². The van der Waals surface area contributed by atoms with Gasteiger partial charge in [0, 0.05) is 5.69 Å². The van der Waals surface area contributed by atoms with Gasteiger partial charge in [-0.25, -0.2) is 9.97 Å². The van der Waals surface area contributed by atoms with Gasteiger partial charge in [-0.15, -0.1) is 0 Å². The molecule has 0 aliphatic rings. The van der Waals surface area contributed by atoms with E-state index in [-0.39, 0.29) is 0 Å². The van der Waals surface area contributed by atoms with Crippen LogP contribution < -0.4 is 21.9 Å². The van der Waals surface area contributed by atoms with Crippen LogP contribution in [0, 0.1) is 0 Å². The Morgan fingerprint density at radius 2 is 1.54 bits per heavy atom. The highest BCUT2D eigenvalue weighted by molar-refractivity contribution is 6.42. The molecule has 0 atom stereocenters. The van der Waals surface area contributed by atoms with E-state index in [2.05, 4.69) is 26.1 Å². The molecule has 6 nitrogen and oxygen atoms in total. The Labute approximate surface area is 149 Å². The standard InChI is InChI=1S/C16H14Cl2N6/c17-12-7-6-11(8-13(12)18)22-15-14(19)16(21-9-20-15)24-23-10-4-2-1-3-5-10/h1-9,23H,19H2,(H2,20,21,22,24). The third-order valence-corrected chi connectivity index (χ3v) is 3.90. The SMILES string of the molecule is Nc1c(NNc2ccccc2)ncnc1Nc1ccc(Cl)c(Cl)c1. The van der Waals surface area contributed by atoms with Gasteiger partial charge in [0.1, 0.15) is 12.0 Å². The molecule has 1 aromatic heterocycles. The Balaban J connectivity index is 1.76. The number of rotatable bonds is 5. The molecule has 0 aliphatic carbocycles. The van der Waals surface area contributed by atoms with Crippen LogP contribution >= 0.6 is 23.2 Å². The van der Waals surface area contributed by atoms with Crippen molar-refractivity contribution in [2.75, 3.05) is 21.9 Å². The van der Waals surface area contributed by atoms with Crippen LogP contribution in [0.25, 0.3) is 0 Å². The lowest BCUT2D eigenvalue weighted by Gasteiger charge is -2.14. The monoisotopic (exact) mass is 360 g/mol. The highest BCUT2D eigenvalue weighted by Gasteiger charge is 2.09. The van der Waals surface area contributed by atoms with Gasteiger partial charge in [-0.1, -0.05) is 41.4 Å². The Morgan fingerprint density at radius 1 is 0.792 bits per heavy atom. The number of anilines is 5. The van der Waals surface area contributed by atoms with Gasteiger partial charge in [-0.2, -0.15) is 0 Å². The highest BCUT2D eigenvalue weighted by atomic mass is 35.5. The average Bonchev–Trinajstić information content (AvgIpc) is 2.60. The van der Waals surface area contributed by atoms with Crippen LogP contribution in [-0.4, -0.2) is 9.97 Å². The minimum Gasteiger partial charge on any atom is -0.393 e. The number of nitrogens with one attached hydrogen (secondary N) is 3. The summed E-state index contributed by atoms with van der Waals surface area (Å²) in [5.41, 5.74) is 14.1. The Bertz CT molecular complexity index is 841. The fourth-order valence-electron chi connectivity index (χ4n) is 1.96. The molecule has 1 heterocycles. The first-order valence-corrected chi connectivity index (χ1v) is 7.78. The smallest absolute Gasteiger partial charge is 0.173 e. The summed E-state index contributed by atoms with van der Waals surface area (Å²) in [6, 6.07) is 14.8. The second kappa shape index (κ2) is 7.25. The first kappa shape index (κ1) is 16.2. The van der Waals surface area contributed by atoms with Gasteiger partial charge in [-0.3, -0.25) is 10.9 Å². The summed E-state index contributed by atoms with van der Waals surface area (Å²) in [4.78, 5) is 8.28. The van der Waals surface area contributed by atoms with Crippen molar-refractivity contribution in [3.8, 4) is 0 Å². The van der Waals surface area contributed by atoms with Crippen LogP contribution in [0.4, 0.5) is 28.7 Å². The fourth-order valence-corrected chi connectivity index (χ4v) is 2.26. The predicted molar refractivity (Wildman–Crippen MR) is 99.9 cm³/mol. The number of hydrogen-bond donors (Lipinski definition) is 4. The van der Waals surface area contributed by atoms with E-state index in [1.807, 2.05) is 30.3 Å². The van der Waals surface area contributed by atoms with E-state index in [1.54, 1.807) is 18.2 Å². The number of nitrogen functional groups attached to an aromatic ring is 1. The Morgan fingerprint density at radius 3 is 2.29 bits per heavy atom. The van der Waals surface area contributed by atoms with Crippen LogP contribution in [0.2, 0.25) is 10.0 Å². The zero-order chi connectivity index (χ0) is 16.9. The molecule has 8 heteroatoms. The first-order chi connectivity index (χ1) is 11.6. The zero-order valence-electron chi connectivity index (χ0n) is 12.4. The third kappa shape index (κ3) is 3.79. The quantitative estimate of drug-likeness (QED) is 0.499. The number of nitrogens with two attached hydrogens (primary N) is 1. The lowest BCUT2D eigenvalue weighted by molar-refractivity contribution is 1.16. The van der Waals surface area contributed by atoms with Crippen molar-refractivity contribution in [1.82, 2.24) is 9.97 Å². The van der Waals surface area contributed by atoms with Crippen LogP contribution in [0.15, 0.2) is 54.9 Å². The van der Waals surface area contributed by atoms with Crippen LogP contribution in [0.3, 0.4) is 0 Å². The van der Waals surface area contributed by atoms with Crippen LogP contribution in [0.5, 0.6) is 0 Å². The molecule has 5 N–H and O–H groups in total. The number of hydrazine groups is 1. The van der Waals surface area contributed by atoms with Crippen molar-refractivity contribution in [3.63, 3.8) is 0 Å². The predicted octanol–water partition coefficient (Wildman–Crippen LogP) is 4.55. The number of hydrogen-bond acceptors (Lipinski definition) is 6. The molecule has 0 amide bonds. The summed E-state index contributed by atoms with van der Waals surface area (Å²) in [5, 5.41) is 4.01. The van der Waals surface area contributed by atoms with Gasteiger partial charge in [-0.05, 0) is 30.3 Å². The van der Waals surface area contributed by atoms with E-state index < -0.39 is 0 Å². The summed E-state index contributed by atoms with van der Waals surface area (Å²) in [6.45, 7) is 0. The van der Waals surface area contributed by atoms with Crippen LogP contribution in [-0.2, 0) is 0 Å². The summed E-state index contributed by atoms with van der Waals surface area (Å²) in [5.74, 6) is 0.914. The van der Waals surface area contributed by atoms with E-state index in [4.69, 9.17) is 28.9 Å². The normalized spacial score (nSPS) is 10.2. The molecule has 2 aromatic carbocycles. The van der Waals surface area contributed by atoms with Gasteiger partial charge in [0.2, 0.25) is 0 Å². The Kier molecular flexibility index (Phi) is 4.88. The highest BCUT2D eigenvalue weighted by Crippen LogP contribution is 2.29. The minimum absolute atomic E-state index is 0.368. The summed E-state index contributed by atoms with van der Waals surface area (Å²) < 4.78 is 0. The van der Waals surface area contributed by atoms with Gasteiger partial charge >= 0.3 is 0 Å². The Hall–Kier alpha value is -2.70. The number of benzene rings is 2. The van der Waals surface area contributed by atoms with Crippen molar-refractivity contribution >= 4 is 51.9 Å². The number of aromatic nitrogens is 2. The van der Waals surface area contributed by atoms with Crippen molar-refractivity contribution in [3.05, 3.63) is 64.9 Å². The first-order valence-electron chi connectivity index (χ1n) is 7.03. The molecule has 0 radical (unpaired) electrons. The molecule has 0 unspecified atom stereocenters. The molecule has 24 heavy (non-hydrogen) atoms. The molecule has 0 saturated heterocycles. The van der Waals surface area contributed by atoms with Crippen molar-refractivity contribution < 1.29 is 0 Å². The summed E-state index contributed by atoms with van der Waals surface area (Å²) in [7, 11) is 0. The van der Waals surface area contributed by atoms with E-state index in [0.29, 0.717) is 27.4 Å².